The molecule has 8 heteroatoms. The third-order valence-electron chi connectivity index (χ3n) is 4.41. The molecule has 0 radical (unpaired) electrons. The van der Waals surface area contributed by atoms with E-state index in [2.05, 4.69) is 15.3 Å². The van der Waals surface area contributed by atoms with Crippen molar-refractivity contribution < 1.29 is 23.8 Å². The predicted octanol–water partition coefficient (Wildman–Crippen LogP) is 3.93. The first-order valence-electron chi connectivity index (χ1n) is 9.16. The maximum atomic E-state index is 12.3. The highest BCUT2D eigenvalue weighted by molar-refractivity contribution is 5.93. The second-order valence-corrected chi connectivity index (χ2v) is 6.55. The largest absolute Gasteiger partial charge is 0.507 e. The first-order chi connectivity index (χ1) is 14.5. The van der Waals surface area contributed by atoms with Gasteiger partial charge in [-0.05, 0) is 61.0 Å². The Hall–Kier alpha value is -4.07. The number of aromatic hydroxyl groups is 1. The fourth-order valence-electron chi connectivity index (χ4n) is 2.92. The molecule has 0 aliphatic heterocycles. The number of pyridine rings is 1. The molecule has 2 N–H and O–H groups in total. The van der Waals surface area contributed by atoms with Crippen LogP contribution >= 0.6 is 0 Å². The van der Waals surface area contributed by atoms with Crippen molar-refractivity contribution in [1.29, 1.82) is 0 Å². The molecule has 0 unspecified atom stereocenters. The van der Waals surface area contributed by atoms with Crippen LogP contribution in [0.1, 0.15) is 5.56 Å². The number of amides is 1. The van der Waals surface area contributed by atoms with Crippen LogP contribution in [0, 0.1) is 6.92 Å². The lowest BCUT2D eigenvalue weighted by molar-refractivity contribution is -0.118. The molecule has 4 aromatic rings. The molecule has 2 heterocycles. The number of phenolic OH excluding ortho intramolecular Hbond substituents is 1. The second kappa shape index (κ2) is 8.12. The number of nitrogens with zero attached hydrogens (tertiary/aromatic N) is 2. The minimum atomic E-state index is -0.346. The fraction of sp³-hybridized carbons (Fsp3) is 0.136. The Morgan fingerprint density at radius 1 is 1.17 bits per heavy atom. The topological polar surface area (TPSA) is 107 Å². The summed E-state index contributed by atoms with van der Waals surface area (Å²) in [6, 6.07) is 13.7. The standard InChI is InChI=1S/C22H19N3O5/c1-13-10-14(24-19(26)12-29-16-7-5-15(28-2)6-8-16)11-17(20(13)27)22-25-21-18(30-22)4-3-9-23-21/h3-11,27H,12H2,1-2H3,(H,24,26). The van der Waals surface area contributed by atoms with Crippen molar-refractivity contribution in [3.63, 3.8) is 0 Å². The Labute approximate surface area is 172 Å². The summed E-state index contributed by atoms with van der Waals surface area (Å²) in [5.74, 6) is 1.14. The van der Waals surface area contributed by atoms with Crippen molar-refractivity contribution in [2.24, 2.45) is 0 Å². The molecule has 2 aromatic carbocycles. The summed E-state index contributed by atoms with van der Waals surface area (Å²) in [6.45, 7) is 1.55. The Bertz CT molecular complexity index is 1170. The van der Waals surface area contributed by atoms with Crippen LogP contribution in [0.5, 0.6) is 17.2 Å². The lowest BCUT2D eigenvalue weighted by atomic mass is 10.1. The highest BCUT2D eigenvalue weighted by atomic mass is 16.5. The fourth-order valence-corrected chi connectivity index (χ4v) is 2.92. The van der Waals surface area contributed by atoms with Crippen molar-refractivity contribution >= 4 is 22.8 Å². The SMILES string of the molecule is COc1ccc(OCC(=O)Nc2cc(C)c(O)c(-c3nc4ncccc4o3)c2)cc1. The van der Waals surface area contributed by atoms with Crippen LogP contribution in [0.4, 0.5) is 5.69 Å². The molecule has 0 spiro atoms. The number of hydrogen-bond acceptors (Lipinski definition) is 7. The van der Waals surface area contributed by atoms with Crippen LogP contribution in [-0.4, -0.2) is 34.7 Å². The Kier molecular flexibility index (Phi) is 5.21. The lowest BCUT2D eigenvalue weighted by Crippen LogP contribution is -2.20. The number of rotatable bonds is 6. The quantitative estimate of drug-likeness (QED) is 0.468. The van der Waals surface area contributed by atoms with Gasteiger partial charge in [-0.3, -0.25) is 4.79 Å². The number of anilines is 1. The summed E-state index contributed by atoms with van der Waals surface area (Å²) in [6.07, 6.45) is 1.61. The van der Waals surface area contributed by atoms with Crippen molar-refractivity contribution in [3.8, 4) is 28.7 Å². The third-order valence-corrected chi connectivity index (χ3v) is 4.41. The molecule has 0 saturated carbocycles. The highest BCUT2D eigenvalue weighted by Crippen LogP contribution is 2.35. The number of hydrogen-bond donors (Lipinski definition) is 2. The van der Waals surface area contributed by atoms with Gasteiger partial charge in [0.2, 0.25) is 5.89 Å². The summed E-state index contributed by atoms with van der Waals surface area (Å²) in [7, 11) is 1.58. The van der Waals surface area contributed by atoms with E-state index in [1.54, 1.807) is 68.8 Å². The van der Waals surface area contributed by atoms with E-state index < -0.39 is 0 Å². The minimum Gasteiger partial charge on any atom is -0.507 e. The smallest absolute Gasteiger partial charge is 0.262 e. The van der Waals surface area contributed by atoms with Crippen LogP contribution in [0.15, 0.2) is 59.1 Å². The zero-order valence-electron chi connectivity index (χ0n) is 16.4. The van der Waals surface area contributed by atoms with Gasteiger partial charge in [-0.2, -0.15) is 4.98 Å². The van der Waals surface area contributed by atoms with Gasteiger partial charge in [0.1, 0.15) is 17.2 Å². The van der Waals surface area contributed by atoms with Gasteiger partial charge in [-0.15, -0.1) is 0 Å². The van der Waals surface area contributed by atoms with Gasteiger partial charge in [-0.1, -0.05) is 0 Å². The van der Waals surface area contributed by atoms with E-state index in [-0.39, 0.29) is 24.2 Å². The normalized spacial score (nSPS) is 10.7. The van der Waals surface area contributed by atoms with Crippen LogP contribution in [-0.2, 0) is 4.79 Å². The molecule has 4 rings (SSSR count). The number of carbonyl (C=O) groups is 1. The summed E-state index contributed by atoms with van der Waals surface area (Å²) < 4.78 is 16.3. The van der Waals surface area contributed by atoms with Crippen molar-refractivity contribution in [2.45, 2.75) is 6.92 Å². The van der Waals surface area contributed by atoms with Gasteiger partial charge in [0.05, 0.1) is 12.7 Å². The number of fused-ring (bicyclic) bond motifs is 1. The molecule has 8 nitrogen and oxygen atoms in total. The molecule has 0 aliphatic carbocycles. The van der Waals surface area contributed by atoms with E-state index in [0.29, 0.717) is 39.5 Å². The first-order valence-corrected chi connectivity index (χ1v) is 9.16. The average molecular weight is 405 g/mol. The van der Waals surface area contributed by atoms with Crippen molar-refractivity contribution in [3.05, 3.63) is 60.3 Å². The maximum absolute atomic E-state index is 12.3. The van der Waals surface area contributed by atoms with Gasteiger partial charge in [0, 0.05) is 11.9 Å². The minimum absolute atomic E-state index is 0.0223. The van der Waals surface area contributed by atoms with E-state index in [9.17, 15) is 9.90 Å². The van der Waals surface area contributed by atoms with E-state index in [0.717, 1.165) is 0 Å². The van der Waals surface area contributed by atoms with E-state index >= 15 is 0 Å². The zero-order chi connectivity index (χ0) is 21.1. The van der Waals surface area contributed by atoms with Crippen LogP contribution in [0.25, 0.3) is 22.7 Å². The number of carbonyl (C=O) groups excluding carboxylic acids is 1. The first kappa shape index (κ1) is 19.3. The number of aryl methyl sites for hydroxylation is 1. The molecule has 0 saturated heterocycles. The zero-order valence-corrected chi connectivity index (χ0v) is 16.4. The van der Waals surface area contributed by atoms with Gasteiger partial charge in [0.25, 0.3) is 5.91 Å². The summed E-state index contributed by atoms with van der Waals surface area (Å²) in [5.41, 5.74) is 2.35. The third kappa shape index (κ3) is 4.02. The van der Waals surface area contributed by atoms with Crippen LogP contribution in [0.2, 0.25) is 0 Å². The Morgan fingerprint density at radius 2 is 1.93 bits per heavy atom. The van der Waals surface area contributed by atoms with Gasteiger partial charge in [-0.25, -0.2) is 4.98 Å². The van der Waals surface area contributed by atoms with Crippen LogP contribution < -0.4 is 14.8 Å². The molecule has 0 atom stereocenters. The Balaban J connectivity index is 1.50. The number of nitrogens with one attached hydrogen (secondary N) is 1. The van der Waals surface area contributed by atoms with Gasteiger partial charge >= 0.3 is 0 Å². The molecule has 0 aliphatic rings. The van der Waals surface area contributed by atoms with E-state index in [1.165, 1.54) is 0 Å². The molecule has 1 amide bonds. The van der Waals surface area contributed by atoms with Crippen molar-refractivity contribution in [2.75, 3.05) is 19.0 Å². The number of benzene rings is 2. The number of methoxy groups -OCH3 is 1. The number of aromatic nitrogens is 2. The van der Waals surface area contributed by atoms with Gasteiger partial charge in [0.15, 0.2) is 17.8 Å². The average Bonchev–Trinajstić information content (AvgIpc) is 3.19. The molecule has 0 fully saturated rings. The lowest BCUT2D eigenvalue weighted by Gasteiger charge is -2.11. The summed E-state index contributed by atoms with van der Waals surface area (Å²) in [4.78, 5) is 20.8. The Morgan fingerprint density at radius 3 is 2.67 bits per heavy atom. The van der Waals surface area contributed by atoms with Gasteiger partial charge < -0.3 is 24.3 Å². The number of phenols is 1. The van der Waals surface area contributed by atoms with E-state index in [1.807, 2.05) is 0 Å². The van der Waals surface area contributed by atoms with E-state index in [4.69, 9.17) is 13.9 Å². The molecule has 152 valence electrons. The molecule has 30 heavy (non-hydrogen) atoms. The van der Waals surface area contributed by atoms with Crippen molar-refractivity contribution in [1.82, 2.24) is 9.97 Å². The maximum Gasteiger partial charge on any atom is 0.262 e. The molecular formula is C22H19N3O5. The highest BCUT2D eigenvalue weighted by Gasteiger charge is 2.17. The molecule has 0 bridgehead atoms. The molecular weight excluding hydrogens is 386 g/mol. The monoisotopic (exact) mass is 405 g/mol. The summed E-state index contributed by atoms with van der Waals surface area (Å²) >= 11 is 0. The predicted molar refractivity (Wildman–Crippen MR) is 111 cm³/mol. The summed E-state index contributed by atoms with van der Waals surface area (Å²) in [5, 5.41) is 13.2. The number of ether oxygens (including phenoxy) is 2. The van der Waals surface area contributed by atoms with Crippen LogP contribution in [0.3, 0.4) is 0 Å². The second-order valence-electron chi connectivity index (χ2n) is 6.55. The molecule has 2 aromatic heterocycles. The number of oxazole rings is 1.